The van der Waals surface area contributed by atoms with Crippen LogP contribution in [0.4, 0.5) is 15.1 Å². The number of benzene rings is 1. The summed E-state index contributed by atoms with van der Waals surface area (Å²) in [5.41, 5.74) is 3.55. The summed E-state index contributed by atoms with van der Waals surface area (Å²) in [5.74, 6) is 0.352. The van der Waals surface area contributed by atoms with Crippen molar-refractivity contribution in [3.63, 3.8) is 0 Å². The third-order valence-corrected chi connectivity index (χ3v) is 7.80. The lowest BCUT2D eigenvalue weighted by atomic mass is 9.97. The quantitative estimate of drug-likeness (QED) is 0.317. The normalized spacial score (nSPS) is 17.1. The van der Waals surface area contributed by atoms with Crippen LogP contribution in [-0.2, 0) is 11.3 Å². The highest BCUT2D eigenvalue weighted by molar-refractivity contribution is 8.18. The summed E-state index contributed by atoms with van der Waals surface area (Å²) in [7, 11) is 0. The van der Waals surface area contributed by atoms with Gasteiger partial charge in [-0.1, -0.05) is 18.2 Å². The number of hydrogen-bond acceptors (Lipinski definition) is 9. The summed E-state index contributed by atoms with van der Waals surface area (Å²) in [6, 6.07) is 14.3. The Hall–Kier alpha value is -4.22. The number of hydrogen-bond donors (Lipinski definition) is 2. The zero-order valence-electron chi connectivity index (χ0n) is 21.5. The molecule has 1 aromatic carbocycles. The van der Waals surface area contributed by atoms with Crippen LogP contribution < -0.4 is 15.5 Å². The fourth-order valence-corrected chi connectivity index (χ4v) is 5.66. The molecule has 2 saturated heterocycles. The first-order valence-corrected chi connectivity index (χ1v) is 13.9. The SMILES string of the molecule is O=C1NC(=O)/C(=C\c2ccnc(N3CCC(CNCc4cc(F)cc(-c5ccnc6ccccc56)n4)CC3)n2)S1. The number of nitrogens with zero attached hydrogens (tertiary/aromatic N) is 5. The smallest absolute Gasteiger partial charge is 0.290 e. The van der Waals surface area contributed by atoms with Crippen molar-refractivity contribution in [2.45, 2.75) is 19.4 Å². The number of para-hydroxylation sites is 1. The molecule has 9 nitrogen and oxygen atoms in total. The van der Waals surface area contributed by atoms with Gasteiger partial charge in [-0.2, -0.15) is 0 Å². The number of nitrogens with one attached hydrogen (secondary N) is 2. The molecule has 40 heavy (non-hydrogen) atoms. The maximum absolute atomic E-state index is 14.5. The second-order valence-corrected chi connectivity index (χ2v) is 10.7. The molecule has 0 atom stereocenters. The summed E-state index contributed by atoms with van der Waals surface area (Å²) in [6.45, 7) is 2.88. The van der Waals surface area contributed by atoms with E-state index in [1.165, 1.54) is 12.1 Å². The molecule has 2 aliphatic heterocycles. The second-order valence-electron chi connectivity index (χ2n) is 9.73. The summed E-state index contributed by atoms with van der Waals surface area (Å²) >= 11 is 0.870. The molecule has 2 amide bonds. The number of rotatable bonds is 7. The molecule has 2 N–H and O–H groups in total. The van der Waals surface area contributed by atoms with Crippen LogP contribution in [0.1, 0.15) is 24.2 Å². The molecule has 0 saturated carbocycles. The molecule has 202 valence electrons. The lowest BCUT2D eigenvalue weighted by Crippen LogP contribution is -2.38. The first kappa shape index (κ1) is 26.0. The van der Waals surface area contributed by atoms with Crippen molar-refractivity contribution in [3.05, 3.63) is 83.0 Å². The van der Waals surface area contributed by atoms with Crippen molar-refractivity contribution in [2.24, 2.45) is 5.92 Å². The standard InChI is InChI=1S/C29H26FN7O2S/c30-19-13-21(34-25(14-19)23-6-10-32-24-4-2-1-3-22(23)24)17-31-16-18-7-11-37(12-8-18)28-33-9-5-20(35-28)15-26-27(38)36-29(39)40-26/h1-6,9-10,13-15,18,31H,7-8,11-12,16-17H2,(H,36,38,39)/b26-15+. The van der Waals surface area contributed by atoms with Crippen molar-refractivity contribution < 1.29 is 14.0 Å². The molecule has 0 bridgehead atoms. The van der Waals surface area contributed by atoms with Gasteiger partial charge in [-0.3, -0.25) is 24.9 Å². The zero-order chi connectivity index (χ0) is 27.5. The molecular formula is C29H26FN7O2S. The van der Waals surface area contributed by atoms with Gasteiger partial charge in [-0.25, -0.2) is 14.4 Å². The number of pyridine rings is 2. The summed E-state index contributed by atoms with van der Waals surface area (Å²) in [6.07, 6.45) is 6.91. The van der Waals surface area contributed by atoms with Gasteiger partial charge in [0.1, 0.15) is 5.82 Å². The number of piperidine rings is 1. The maximum Gasteiger partial charge on any atom is 0.290 e. The number of halogens is 1. The average Bonchev–Trinajstić information content (AvgIpc) is 3.28. The Morgan fingerprint density at radius 2 is 1.88 bits per heavy atom. The molecule has 0 radical (unpaired) electrons. The van der Waals surface area contributed by atoms with E-state index in [-0.39, 0.29) is 11.1 Å². The summed E-state index contributed by atoms with van der Waals surface area (Å²) in [5, 5.41) is 6.27. The molecular weight excluding hydrogens is 529 g/mol. The highest BCUT2D eigenvalue weighted by Crippen LogP contribution is 2.28. The Labute approximate surface area is 234 Å². The van der Waals surface area contributed by atoms with Crippen LogP contribution in [0.25, 0.3) is 28.2 Å². The Morgan fingerprint density at radius 3 is 2.70 bits per heavy atom. The fraction of sp³-hybridized carbons (Fsp3) is 0.241. The molecule has 2 fully saturated rings. The van der Waals surface area contributed by atoms with Crippen LogP contribution in [0, 0.1) is 11.7 Å². The third kappa shape index (κ3) is 5.85. The number of amides is 2. The van der Waals surface area contributed by atoms with Crippen LogP contribution in [0.15, 0.2) is 65.8 Å². The largest absolute Gasteiger partial charge is 0.341 e. The first-order valence-electron chi connectivity index (χ1n) is 13.1. The molecule has 2 aliphatic rings. The average molecular weight is 556 g/mol. The predicted octanol–water partition coefficient (Wildman–Crippen LogP) is 4.56. The van der Waals surface area contributed by atoms with Gasteiger partial charge >= 0.3 is 0 Å². The Kier molecular flexibility index (Phi) is 7.47. The van der Waals surface area contributed by atoms with Crippen LogP contribution in [0.3, 0.4) is 0 Å². The van der Waals surface area contributed by atoms with Crippen molar-refractivity contribution >= 4 is 45.8 Å². The van der Waals surface area contributed by atoms with Crippen LogP contribution in [0.5, 0.6) is 0 Å². The van der Waals surface area contributed by atoms with E-state index >= 15 is 0 Å². The maximum atomic E-state index is 14.5. The molecule has 0 spiro atoms. The molecule has 11 heteroatoms. The second kappa shape index (κ2) is 11.5. The number of aromatic nitrogens is 4. The van der Waals surface area contributed by atoms with Crippen LogP contribution in [0.2, 0.25) is 0 Å². The number of anilines is 1. The van der Waals surface area contributed by atoms with Gasteiger partial charge in [-0.15, -0.1) is 0 Å². The van der Waals surface area contributed by atoms with Crippen LogP contribution in [-0.4, -0.2) is 50.7 Å². The Balaban J connectivity index is 1.04. The number of imide groups is 1. The molecule has 4 aromatic rings. The van der Waals surface area contributed by atoms with E-state index in [2.05, 4.69) is 30.5 Å². The van der Waals surface area contributed by atoms with E-state index in [1.54, 1.807) is 24.5 Å². The molecule has 3 aromatic heterocycles. The van der Waals surface area contributed by atoms with Gasteiger partial charge < -0.3 is 10.2 Å². The lowest BCUT2D eigenvalue weighted by molar-refractivity contribution is -0.115. The zero-order valence-corrected chi connectivity index (χ0v) is 22.3. The van der Waals surface area contributed by atoms with E-state index in [9.17, 15) is 14.0 Å². The highest BCUT2D eigenvalue weighted by Gasteiger charge is 2.26. The third-order valence-electron chi connectivity index (χ3n) is 6.99. The van der Waals surface area contributed by atoms with Crippen molar-refractivity contribution in [2.75, 3.05) is 24.5 Å². The van der Waals surface area contributed by atoms with Gasteiger partial charge in [-0.05, 0) is 67.4 Å². The van der Waals surface area contributed by atoms with Gasteiger partial charge in [0.25, 0.3) is 11.1 Å². The van der Waals surface area contributed by atoms with Crippen molar-refractivity contribution in [1.82, 2.24) is 30.6 Å². The lowest BCUT2D eigenvalue weighted by Gasteiger charge is -2.32. The minimum atomic E-state index is -0.404. The minimum Gasteiger partial charge on any atom is -0.341 e. The van der Waals surface area contributed by atoms with E-state index in [1.807, 2.05) is 30.3 Å². The van der Waals surface area contributed by atoms with Crippen molar-refractivity contribution in [1.29, 1.82) is 0 Å². The first-order chi connectivity index (χ1) is 19.5. The molecule has 0 aliphatic carbocycles. The van der Waals surface area contributed by atoms with Crippen LogP contribution >= 0.6 is 11.8 Å². The number of thioether (sulfide) groups is 1. The molecule has 0 unspecified atom stereocenters. The number of carbonyl (C=O) groups is 2. The van der Waals surface area contributed by atoms with Gasteiger partial charge in [0.2, 0.25) is 5.95 Å². The van der Waals surface area contributed by atoms with E-state index in [0.717, 1.165) is 60.7 Å². The Bertz CT molecular complexity index is 1620. The summed E-state index contributed by atoms with van der Waals surface area (Å²) < 4.78 is 14.5. The van der Waals surface area contributed by atoms with E-state index < -0.39 is 5.91 Å². The van der Waals surface area contributed by atoms with E-state index in [0.29, 0.717) is 40.4 Å². The summed E-state index contributed by atoms with van der Waals surface area (Å²) in [4.78, 5) is 43.8. The van der Waals surface area contributed by atoms with Gasteiger partial charge in [0, 0.05) is 49.0 Å². The molecule has 6 rings (SSSR count). The van der Waals surface area contributed by atoms with E-state index in [4.69, 9.17) is 4.98 Å². The number of carbonyl (C=O) groups excluding carboxylic acids is 2. The monoisotopic (exact) mass is 555 g/mol. The van der Waals surface area contributed by atoms with Gasteiger partial charge in [0.05, 0.1) is 27.5 Å². The highest BCUT2D eigenvalue weighted by atomic mass is 32.2. The van der Waals surface area contributed by atoms with Crippen molar-refractivity contribution in [3.8, 4) is 11.3 Å². The molecule has 5 heterocycles. The topological polar surface area (TPSA) is 113 Å². The Morgan fingerprint density at radius 1 is 1.05 bits per heavy atom. The predicted molar refractivity (Wildman–Crippen MR) is 153 cm³/mol. The minimum absolute atomic E-state index is 0.312. The fourth-order valence-electron chi connectivity index (χ4n) is 4.99. The van der Waals surface area contributed by atoms with Gasteiger partial charge in [0.15, 0.2) is 0 Å². The number of fused-ring (bicyclic) bond motifs is 1.